The lowest BCUT2D eigenvalue weighted by Crippen LogP contribution is -2.21. The summed E-state index contributed by atoms with van der Waals surface area (Å²) in [5.74, 6) is 1.24. The molecule has 0 fully saturated rings. The minimum absolute atomic E-state index is 0.181. The van der Waals surface area contributed by atoms with Crippen LogP contribution < -0.4 is 10.3 Å². The van der Waals surface area contributed by atoms with Gasteiger partial charge in [-0.2, -0.15) is 5.10 Å². The van der Waals surface area contributed by atoms with Crippen molar-refractivity contribution in [1.82, 2.24) is 24.3 Å². The topological polar surface area (TPSA) is 88.0 Å². The molecule has 0 N–H and O–H groups in total. The molecule has 0 radical (unpaired) electrons. The highest BCUT2D eigenvalue weighted by molar-refractivity contribution is 5.75. The molecule has 3 heterocycles. The number of benzene rings is 2. The highest BCUT2D eigenvalue weighted by Crippen LogP contribution is 2.22. The molecule has 0 aliphatic heterocycles. The van der Waals surface area contributed by atoms with E-state index in [4.69, 9.17) is 9.15 Å². The zero-order valence-electron chi connectivity index (χ0n) is 17.9. The zero-order chi connectivity index (χ0) is 22.2. The second-order valence-electron chi connectivity index (χ2n) is 7.69. The molecule has 0 atom stereocenters. The fourth-order valence-electron chi connectivity index (χ4n) is 3.74. The lowest BCUT2D eigenvalue weighted by molar-refractivity contribution is 0.415. The zero-order valence-corrected chi connectivity index (χ0v) is 17.9. The third-order valence-electron chi connectivity index (χ3n) is 5.23. The molecule has 8 nitrogen and oxygen atoms in total. The van der Waals surface area contributed by atoms with Crippen molar-refractivity contribution in [1.29, 1.82) is 0 Å². The molecule has 0 aliphatic carbocycles. The minimum atomic E-state index is -0.181. The Morgan fingerprint density at radius 1 is 1.06 bits per heavy atom. The predicted octanol–water partition coefficient (Wildman–Crippen LogP) is 3.91. The maximum atomic E-state index is 13.1. The molecule has 160 valence electrons. The Morgan fingerprint density at radius 2 is 1.81 bits per heavy atom. The van der Waals surface area contributed by atoms with Crippen LogP contribution in [-0.2, 0) is 6.54 Å². The van der Waals surface area contributed by atoms with Crippen molar-refractivity contribution in [3.8, 4) is 22.9 Å². The van der Waals surface area contributed by atoms with Crippen molar-refractivity contribution in [2.24, 2.45) is 0 Å². The van der Waals surface area contributed by atoms with Gasteiger partial charge in [0, 0.05) is 5.56 Å². The van der Waals surface area contributed by atoms with E-state index in [9.17, 15) is 4.79 Å². The van der Waals surface area contributed by atoms with Crippen LogP contribution in [0, 0.1) is 13.8 Å². The van der Waals surface area contributed by atoms with Gasteiger partial charge in [0.2, 0.25) is 5.89 Å². The number of hydrogen-bond donors (Lipinski definition) is 0. The highest BCUT2D eigenvalue weighted by Gasteiger charge is 2.14. The maximum Gasteiger partial charge on any atom is 0.264 e. The van der Waals surface area contributed by atoms with Gasteiger partial charge in [-0.05, 0) is 61.4 Å². The van der Waals surface area contributed by atoms with E-state index in [0.717, 1.165) is 28.1 Å². The molecule has 2 aromatic carbocycles. The molecule has 0 saturated carbocycles. The summed E-state index contributed by atoms with van der Waals surface area (Å²) in [5, 5.41) is 4.86. The van der Waals surface area contributed by atoms with Gasteiger partial charge in [-0.15, -0.1) is 0 Å². The summed E-state index contributed by atoms with van der Waals surface area (Å²) in [6.45, 7) is 4.30. The molecule has 0 bridgehead atoms. The Bertz CT molecular complexity index is 1460. The van der Waals surface area contributed by atoms with Crippen LogP contribution in [0.25, 0.3) is 28.2 Å². The first-order valence-electron chi connectivity index (χ1n) is 10.1. The number of methoxy groups -OCH3 is 1. The van der Waals surface area contributed by atoms with Crippen molar-refractivity contribution in [3.05, 3.63) is 88.4 Å². The molecular formula is C24H21N5O3. The number of aryl methyl sites for hydroxylation is 2. The molecule has 0 unspecified atom stereocenters. The first kappa shape index (κ1) is 19.7. The van der Waals surface area contributed by atoms with E-state index in [1.54, 1.807) is 24.3 Å². The third-order valence-corrected chi connectivity index (χ3v) is 5.23. The SMILES string of the molecule is COc1ccc(-c2nc(Cn3cnc4c(cnn4-c4cc(C)cc(C)c4)c3=O)co2)cc1. The summed E-state index contributed by atoms with van der Waals surface area (Å²) in [7, 11) is 1.62. The van der Waals surface area contributed by atoms with Crippen LogP contribution in [0.4, 0.5) is 0 Å². The molecule has 0 spiro atoms. The molecule has 0 aliphatic rings. The Morgan fingerprint density at radius 3 is 2.53 bits per heavy atom. The molecule has 0 saturated heterocycles. The Balaban J connectivity index is 1.45. The van der Waals surface area contributed by atoms with Gasteiger partial charge < -0.3 is 9.15 Å². The summed E-state index contributed by atoms with van der Waals surface area (Å²) in [5.41, 5.74) is 4.91. The van der Waals surface area contributed by atoms with Gasteiger partial charge in [0.15, 0.2) is 5.65 Å². The maximum absolute atomic E-state index is 13.1. The van der Waals surface area contributed by atoms with Crippen molar-refractivity contribution in [3.63, 3.8) is 0 Å². The number of ether oxygens (including phenoxy) is 1. The van der Waals surface area contributed by atoms with E-state index >= 15 is 0 Å². The largest absolute Gasteiger partial charge is 0.497 e. The minimum Gasteiger partial charge on any atom is -0.497 e. The monoisotopic (exact) mass is 427 g/mol. The Kier molecular flexibility index (Phi) is 4.82. The number of aromatic nitrogens is 5. The fraction of sp³-hybridized carbons (Fsp3) is 0.167. The Hall–Kier alpha value is -4.20. The quantitative estimate of drug-likeness (QED) is 0.423. The van der Waals surface area contributed by atoms with Crippen molar-refractivity contribution in [2.75, 3.05) is 7.11 Å². The van der Waals surface area contributed by atoms with Gasteiger partial charge in [0.25, 0.3) is 5.56 Å². The average Bonchev–Trinajstić information content (AvgIpc) is 3.43. The van der Waals surface area contributed by atoms with Crippen LogP contribution in [0.2, 0.25) is 0 Å². The van der Waals surface area contributed by atoms with E-state index in [1.807, 2.05) is 50.2 Å². The highest BCUT2D eigenvalue weighted by atomic mass is 16.5. The van der Waals surface area contributed by atoms with Crippen LogP contribution >= 0.6 is 0 Å². The lowest BCUT2D eigenvalue weighted by atomic mass is 10.1. The summed E-state index contributed by atoms with van der Waals surface area (Å²) < 4.78 is 14.0. The van der Waals surface area contributed by atoms with Gasteiger partial charge in [-0.1, -0.05) is 6.07 Å². The van der Waals surface area contributed by atoms with Crippen molar-refractivity contribution in [2.45, 2.75) is 20.4 Å². The summed E-state index contributed by atoms with van der Waals surface area (Å²) in [4.78, 5) is 22.1. The average molecular weight is 427 g/mol. The van der Waals surface area contributed by atoms with E-state index in [2.05, 4.69) is 21.1 Å². The number of oxazole rings is 1. The fourth-order valence-corrected chi connectivity index (χ4v) is 3.74. The van der Waals surface area contributed by atoms with E-state index in [0.29, 0.717) is 22.6 Å². The van der Waals surface area contributed by atoms with Crippen LogP contribution in [0.15, 0.2) is 70.5 Å². The van der Waals surface area contributed by atoms with Gasteiger partial charge >= 0.3 is 0 Å². The van der Waals surface area contributed by atoms with E-state index in [-0.39, 0.29) is 12.1 Å². The third kappa shape index (κ3) is 3.56. The lowest BCUT2D eigenvalue weighted by Gasteiger charge is -2.07. The number of rotatable bonds is 5. The second kappa shape index (κ2) is 7.81. The molecule has 5 rings (SSSR count). The van der Waals surface area contributed by atoms with E-state index in [1.165, 1.54) is 10.9 Å². The van der Waals surface area contributed by atoms with Gasteiger partial charge in [0.05, 0.1) is 31.2 Å². The molecular weight excluding hydrogens is 406 g/mol. The summed E-state index contributed by atoms with van der Waals surface area (Å²) in [6.07, 6.45) is 4.63. The Labute approximate surface area is 183 Å². The van der Waals surface area contributed by atoms with Crippen molar-refractivity contribution < 1.29 is 9.15 Å². The molecule has 8 heteroatoms. The first-order valence-corrected chi connectivity index (χ1v) is 10.1. The van der Waals surface area contributed by atoms with Gasteiger partial charge in [-0.25, -0.2) is 14.6 Å². The smallest absolute Gasteiger partial charge is 0.264 e. The van der Waals surface area contributed by atoms with Crippen LogP contribution in [0.1, 0.15) is 16.8 Å². The van der Waals surface area contributed by atoms with Gasteiger partial charge in [-0.3, -0.25) is 9.36 Å². The number of hydrogen-bond acceptors (Lipinski definition) is 6. The van der Waals surface area contributed by atoms with E-state index < -0.39 is 0 Å². The number of fused-ring (bicyclic) bond motifs is 1. The van der Waals surface area contributed by atoms with Crippen LogP contribution in [0.5, 0.6) is 5.75 Å². The summed E-state index contributed by atoms with van der Waals surface area (Å²) in [6, 6.07) is 13.5. The molecule has 32 heavy (non-hydrogen) atoms. The van der Waals surface area contributed by atoms with Crippen LogP contribution in [0.3, 0.4) is 0 Å². The molecule has 5 aromatic rings. The standard InChI is InChI=1S/C24H21N5O3/c1-15-8-16(2)10-19(9-15)29-22-21(11-26-29)24(30)28(14-25-22)12-18-13-32-23(27-18)17-4-6-20(31-3)7-5-17/h4-11,13-14H,12H2,1-3H3. The predicted molar refractivity (Wildman–Crippen MR) is 120 cm³/mol. The van der Waals surface area contributed by atoms with Crippen LogP contribution in [-0.4, -0.2) is 31.4 Å². The summed E-state index contributed by atoms with van der Waals surface area (Å²) >= 11 is 0. The molecule has 0 amide bonds. The van der Waals surface area contributed by atoms with Crippen molar-refractivity contribution >= 4 is 11.0 Å². The van der Waals surface area contributed by atoms with Gasteiger partial charge in [0.1, 0.15) is 23.7 Å². The normalized spacial score (nSPS) is 11.2. The first-order chi connectivity index (χ1) is 15.5. The number of nitrogens with zero attached hydrogens (tertiary/aromatic N) is 5. The molecule has 3 aromatic heterocycles. The second-order valence-corrected chi connectivity index (χ2v) is 7.69.